The number of hydrogen-bond donors (Lipinski definition) is 2. The summed E-state index contributed by atoms with van der Waals surface area (Å²) >= 11 is 0. The summed E-state index contributed by atoms with van der Waals surface area (Å²) in [6.45, 7) is 0.397. The van der Waals surface area contributed by atoms with Crippen LogP contribution in [0.3, 0.4) is 0 Å². The van der Waals surface area contributed by atoms with E-state index in [1.807, 2.05) is 0 Å². The number of nitrogens with zero attached hydrogens (tertiary/aromatic N) is 2. The molecule has 0 bridgehead atoms. The minimum atomic E-state index is -2.62. The summed E-state index contributed by atoms with van der Waals surface area (Å²) in [5.74, 6) is -1.16. The Bertz CT molecular complexity index is 722. The lowest BCUT2D eigenvalue weighted by molar-refractivity contribution is -0.137. The first-order valence-corrected chi connectivity index (χ1v) is 8.93. The van der Waals surface area contributed by atoms with Gasteiger partial charge < -0.3 is 20.4 Å². The van der Waals surface area contributed by atoms with E-state index in [2.05, 4.69) is 10.6 Å². The zero-order chi connectivity index (χ0) is 19.4. The Morgan fingerprint density at radius 1 is 1.26 bits per heavy atom. The van der Waals surface area contributed by atoms with Crippen LogP contribution in [0.4, 0.5) is 20.2 Å². The van der Waals surface area contributed by atoms with Crippen molar-refractivity contribution >= 4 is 29.1 Å². The predicted molar refractivity (Wildman–Crippen MR) is 95.7 cm³/mol. The Kier molecular flexibility index (Phi) is 6.00. The second-order valence-corrected chi connectivity index (χ2v) is 6.63. The number of halogens is 2. The van der Waals surface area contributed by atoms with Crippen LogP contribution in [0.5, 0.6) is 0 Å². The number of anilines is 2. The maximum absolute atomic E-state index is 12.9. The van der Waals surface area contributed by atoms with Crippen molar-refractivity contribution in [3.63, 3.8) is 0 Å². The average molecular weight is 380 g/mol. The van der Waals surface area contributed by atoms with Crippen LogP contribution in [0.2, 0.25) is 0 Å². The lowest BCUT2D eigenvalue weighted by Crippen LogP contribution is -2.45. The molecule has 27 heavy (non-hydrogen) atoms. The topological polar surface area (TPSA) is 81.8 Å². The van der Waals surface area contributed by atoms with E-state index in [9.17, 15) is 23.2 Å². The fourth-order valence-electron chi connectivity index (χ4n) is 3.46. The van der Waals surface area contributed by atoms with Gasteiger partial charge in [0.05, 0.1) is 17.9 Å². The smallest absolute Gasteiger partial charge is 0.255 e. The second kappa shape index (κ2) is 8.43. The van der Waals surface area contributed by atoms with Gasteiger partial charge >= 0.3 is 0 Å². The molecule has 0 aromatic heterocycles. The van der Waals surface area contributed by atoms with Crippen molar-refractivity contribution in [2.45, 2.75) is 31.7 Å². The second-order valence-electron chi connectivity index (χ2n) is 6.63. The van der Waals surface area contributed by atoms with Crippen LogP contribution >= 0.6 is 0 Å². The Hall–Kier alpha value is -2.55. The number of benzene rings is 1. The molecule has 3 rings (SSSR count). The predicted octanol–water partition coefficient (Wildman–Crippen LogP) is 1.21. The van der Waals surface area contributed by atoms with Gasteiger partial charge in [0.2, 0.25) is 17.7 Å². The van der Waals surface area contributed by atoms with Crippen molar-refractivity contribution < 1.29 is 23.2 Å². The van der Waals surface area contributed by atoms with Gasteiger partial charge in [0.15, 0.2) is 0 Å². The van der Waals surface area contributed by atoms with Crippen LogP contribution in [-0.4, -0.2) is 61.3 Å². The number of carbonyl (C=O) groups is 3. The number of amides is 3. The van der Waals surface area contributed by atoms with Gasteiger partial charge in [0, 0.05) is 25.4 Å². The molecule has 9 heteroatoms. The average Bonchev–Trinajstić information content (AvgIpc) is 3.17. The molecule has 1 fully saturated rings. The first kappa shape index (κ1) is 19.2. The number of para-hydroxylation sites is 2. The maximum atomic E-state index is 12.9. The monoisotopic (exact) mass is 380 g/mol. The molecule has 2 heterocycles. The number of nitrogens with one attached hydrogen (secondary N) is 2. The Balaban J connectivity index is 1.64. The molecule has 3 amide bonds. The molecular weight excluding hydrogens is 358 g/mol. The highest BCUT2D eigenvalue weighted by molar-refractivity contribution is 6.10. The van der Waals surface area contributed by atoms with E-state index >= 15 is 0 Å². The van der Waals surface area contributed by atoms with Crippen molar-refractivity contribution in [3.05, 3.63) is 24.3 Å². The van der Waals surface area contributed by atoms with E-state index in [1.165, 1.54) is 9.80 Å². The molecular formula is C18H22F2N4O3. The van der Waals surface area contributed by atoms with Crippen LogP contribution in [0.1, 0.15) is 19.3 Å². The normalized spacial score (nSPS) is 19.0. The summed E-state index contributed by atoms with van der Waals surface area (Å²) in [4.78, 5) is 39.4. The molecule has 1 saturated heterocycles. The van der Waals surface area contributed by atoms with E-state index in [0.29, 0.717) is 30.9 Å². The van der Waals surface area contributed by atoms with Gasteiger partial charge in [-0.05, 0) is 25.1 Å². The van der Waals surface area contributed by atoms with E-state index < -0.39 is 18.9 Å². The number of fused-ring (bicyclic) bond motifs is 1. The molecule has 1 atom stereocenters. The number of rotatable bonds is 6. The fourth-order valence-corrected chi connectivity index (χ4v) is 3.46. The SMILES string of the molecule is O=C1CN(C(=O)CCC(=O)N(CC(F)F)[C@H]2CCNC2)c2ccccc2N1. The van der Waals surface area contributed by atoms with Gasteiger partial charge in [-0.15, -0.1) is 0 Å². The molecule has 2 aliphatic heterocycles. The maximum Gasteiger partial charge on any atom is 0.255 e. The minimum Gasteiger partial charge on any atom is -0.333 e. The van der Waals surface area contributed by atoms with Crippen LogP contribution in [0, 0.1) is 0 Å². The molecule has 0 aliphatic carbocycles. The lowest BCUT2D eigenvalue weighted by Gasteiger charge is -2.30. The third-order valence-electron chi connectivity index (χ3n) is 4.75. The quantitative estimate of drug-likeness (QED) is 0.777. The number of carbonyl (C=O) groups excluding carboxylic acids is 3. The van der Waals surface area contributed by atoms with Crippen molar-refractivity contribution in [1.29, 1.82) is 0 Å². The highest BCUT2D eigenvalue weighted by Gasteiger charge is 2.31. The van der Waals surface area contributed by atoms with Gasteiger partial charge in [-0.3, -0.25) is 14.4 Å². The molecule has 1 aromatic carbocycles. The molecule has 1 aromatic rings. The standard InChI is InChI=1S/C18H22F2N4O3/c19-15(20)10-23(12-7-8-21-9-12)17(26)5-6-18(27)24-11-16(25)22-13-3-1-2-4-14(13)24/h1-4,12,15,21H,5-11H2,(H,22,25)/t12-/m0/s1. The van der Waals surface area contributed by atoms with Crippen molar-refractivity contribution in [1.82, 2.24) is 10.2 Å². The van der Waals surface area contributed by atoms with Crippen LogP contribution < -0.4 is 15.5 Å². The minimum absolute atomic E-state index is 0.128. The van der Waals surface area contributed by atoms with Gasteiger partial charge in [-0.1, -0.05) is 12.1 Å². The Morgan fingerprint density at radius 3 is 2.74 bits per heavy atom. The number of alkyl halides is 2. The zero-order valence-corrected chi connectivity index (χ0v) is 14.8. The fraction of sp³-hybridized carbons (Fsp3) is 0.500. The summed E-state index contributed by atoms with van der Waals surface area (Å²) in [7, 11) is 0. The van der Waals surface area contributed by atoms with Gasteiger partial charge in [0.25, 0.3) is 6.43 Å². The summed E-state index contributed by atoms with van der Waals surface area (Å²) in [6, 6.07) is 6.62. The molecule has 2 N–H and O–H groups in total. The van der Waals surface area contributed by atoms with E-state index in [4.69, 9.17) is 0 Å². The van der Waals surface area contributed by atoms with Crippen LogP contribution in [-0.2, 0) is 14.4 Å². The first-order valence-electron chi connectivity index (χ1n) is 8.93. The van der Waals surface area contributed by atoms with Crippen LogP contribution in [0.15, 0.2) is 24.3 Å². The Morgan fingerprint density at radius 2 is 2.04 bits per heavy atom. The van der Waals surface area contributed by atoms with Crippen molar-refractivity contribution in [2.24, 2.45) is 0 Å². The summed E-state index contributed by atoms with van der Waals surface area (Å²) in [5, 5.41) is 5.74. The van der Waals surface area contributed by atoms with Crippen molar-refractivity contribution in [2.75, 3.05) is 36.4 Å². The summed E-state index contributed by atoms with van der Waals surface area (Å²) < 4.78 is 25.7. The highest BCUT2D eigenvalue weighted by Crippen LogP contribution is 2.29. The third-order valence-corrected chi connectivity index (χ3v) is 4.75. The van der Waals surface area contributed by atoms with Gasteiger partial charge in [-0.2, -0.15) is 0 Å². The van der Waals surface area contributed by atoms with E-state index in [0.717, 1.165) is 0 Å². The summed E-state index contributed by atoms with van der Waals surface area (Å²) in [6.07, 6.45) is -2.31. The van der Waals surface area contributed by atoms with Crippen molar-refractivity contribution in [3.8, 4) is 0 Å². The van der Waals surface area contributed by atoms with E-state index in [-0.39, 0.29) is 37.2 Å². The third kappa shape index (κ3) is 4.60. The largest absolute Gasteiger partial charge is 0.333 e. The molecule has 0 spiro atoms. The van der Waals surface area contributed by atoms with E-state index in [1.54, 1.807) is 24.3 Å². The molecule has 0 radical (unpaired) electrons. The summed E-state index contributed by atoms with van der Waals surface area (Å²) in [5.41, 5.74) is 1.10. The van der Waals surface area contributed by atoms with Gasteiger partial charge in [-0.25, -0.2) is 8.78 Å². The molecule has 0 saturated carbocycles. The molecule has 2 aliphatic rings. The van der Waals surface area contributed by atoms with Crippen LogP contribution in [0.25, 0.3) is 0 Å². The van der Waals surface area contributed by atoms with Gasteiger partial charge in [0.1, 0.15) is 6.54 Å². The Labute approximate surface area is 155 Å². The number of hydrogen-bond acceptors (Lipinski definition) is 4. The first-order chi connectivity index (χ1) is 13.0. The molecule has 7 nitrogen and oxygen atoms in total. The highest BCUT2D eigenvalue weighted by atomic mass is 19.3. The lowest BCUT2D eigenvalue weighted by atomic mass is 10.1. The zero-order valence-electron chi connectivity index (χ0n) is 14.8. The molecule has 0 unspecified atom stereocenters. The molecule has 146 valence electrons.